The molecule has 1 nitrogen and oxygen atoms in total. The zero-order chi connectivity index (χ0) is 15.3. The number of halogens is 1. The maximum atomic E-state index is 2.45. The van der Waals surface area contributed by atoms with Crippen LogP contribution in [0.4, 0.5) is 0 Å². The van der Waals surface area contributed by atoms with Crippen molar-refractivity contribution in [2.75, 3.05) is 26.7 Å². The van der Waals surface area contributed by atoms with Gasteiger partial charge in [-0.2, -0.15) is 0 Å². The summed E-state index contributed by atoms with van der Waals surface area (Å²) in [6, 6.07) is 22.0. The van der Waals surface area contributed by atoms with Crippen LogP contribution < -0.4 is 24.0 Å². The first-order valence-corrected chi connectivity index (χ1v) is 8.70. The normalized spacial score (nSPS) is 16.8. The third-order valence-corrected chi connectivity index (χ3v) is 5.26. The van der Waals surface area contributed by atoms with Crippen LogP contribution in [-0.2, 0) is 0 Å². The Morgan fingerprint density at radius 3 is 1.74 bits per heavy atom. The van der Waals surface area contributed by atoms with E-state index >= 15 is 0 Å². The van der Waals surface area contributed by atoms with Crippen molar-refractivity contribution in [3.8, 4) is 0 Å². The second-order valence-corrected chi connectivity index (χ2v) is 7.01. The van der Waals surface area contributed by atoms with Crippen molar-refractivity contribution in [3.63, 3.8) is 0 Å². The van der Waals surface area contributed by atoms with Gasteiger partial charge in [-0.05, 0) is 30.4 Å². The molecule has 0 N–H and O–H groups in total. The second-order valence-electron chi connectivity index (χ2n) is 7.01. The summed E-state index contributed by atoms with van der Waals surface area (Å²) >= 11 is 0. The molecule has 0 atom stereocenters. The van der Waals surface area contributed by atoms with Crippen LogP contribution in [0.5, 0.6) is 0 Å². The molecule has 0 aromatic heterocycles. The molecule has 0 saturated carbocycles. The molecule has 0 bridgehead atoms. The van der Waals surface area contributed by atoms with Gasteiger partial charge in [0, 0.05) is 12.3 Å². The lowest BCUT2D eigenvalue weighted by Gasteiger charge is -2.38. The summed E-state index contributed by atoms with van der Waals surface area (Å²) in [6.45, 7) is 4.00. The predicted octanol–water partition coefficient (Wildman–Crippen LogP) is 1.84. The monoisotopic (exact) mass is 421 g/mol. The van der Waals surface area contributed by atoms with Crippen molar-refractivity contribution in [2.45, 2.75) is 31.6 Å². The standard InChI is InChI=1S/C21H28N.HI/c1-22(16-9-4-10-17-22)18-15-21(19-11-5-2-6-12-19)20-13-7-3-8-14-20;/h2-3,5-8,11-14,21H,4,9-10,15-18H2,1H3;1H/q+1;/p-1. The maximum absolute atomic E-state index is 2.45. The van der Waals surface area contributed by atoms with E-state index in [-0.39, 0.29) is 24.0 Å². The molecule has 3 rings (SSSR count). The van der Waals surface area contributed by atoms with Gasteiger partial charge >= 0.3 is 0 Å². The molecule has 2 heteroatoms. The van der Waals surface area contributed by atoms with Gasteiger partial charge in [-0.15, -0.1) is 0 Å². The Morgan fingerprint density at radius 2 is 1.26 bits per heavy atom. The Labute approximate surface area is 158 Å². The lowest BCUT2D eigenvalue weighted by atomic mass is 9.88. The van der Waals surface area contributed by atoms with Crippen molar-refractivity contribution in [2.24, 2.45) is 0 Å². The molecule has 23 heavy (non-hydrogen) atoms. The molecule has 0 unspecified atom stereocenters. The summed E-state index contributed by atoms with van der Waals surface area (Å²) in [5.74, 6) is 0.527. The first-order valence-electron chi connectivity index (χ1n) is 8.70. The van der Waals surface area contributed by atoms with Crippen LogP contribution in [0.15, 0.2) is 60.7 Å². The Morgan fingerprint density at radius 1 is 0.783 bits per heavy atom. The summed E-state index contributed by atoms with van der Waals surface area (Å²) in [7, 11) is 2.45. The molecule has 0 amide bonds. The number of benzene rings is 2. The molecule has 1 aliphatic rings. The topological polar surface area (TPSA) is 0 Å². The average Bonchev–Trinajstić information content (AvgIpc) is 2.58. The van der Waals surface area contributed by atoms with E-state index in [2.05, 4.69) is 67.7 Å². The Kier molecular flexibility index (Phi) is 7.09. The summed E-state index contributed by atoms with van der Waals surface area (Å²) in [6.07, 6.45) is 5.47. The molecular formula is C21H28IN. The van der Waals surface area contributed by atoms with Gasteiger partial charge in [-0.3, -0.25) is 0 Å². The third-order valence-electron chi connectivity index (χ3n) is 5.26. The number of likely N-dealkylation sites (tertiary alicyclic amines) is 1. The number of nitrogens with zero attached hydrogens (tertiary/aromatic N) is 1. The smallest absolute Gasteiger partial charge is 0.0793 e. The first-order chi connectivity index (χ1) is 10.8. The molecule has 1 aliphatic heterocycles. The zero-order valence-corrected chi connectivity index (χ0v) is 16.3. The largest absolute Gasteiger partial charge is 1.00 e. The fourth-order valence-electron chi connectivity index (χ4n) is 3.84. The fraction of sp³-hybridized carbons (Fsp3) is 0.429. The van der Waals surface area contributed by atoms with Crippen LogP contribution in [-0.4, -0.2) is 31.2 Å². The third kappa shape index (κ3) is 5.05. The lowest BCUT2D eigenvalue weighted by molar-refractivity contribution is -0.914. The molecule has 0 aliphatic carbocycles. The quantitative estimate of drug-likeness (QED) is 0.511. The van der Waals surface area contributed by atoms with Crippen LogP contribution in [0.25, 0.3) is 0 Å². The van der Waals surface area contributed by atoms with Crippen LogP contribution in [0.1, 0.15) is 42.7 Å². The minimum absolute atomic E-state index is 0. The van der Waals surface area contributed by atoms with E-state index in [0.29, 0.717) is 5.92 Å². The lowest BCUT2D eigenvalue weighted by Crippen LogP contribution is -3.00. The van der Waals surface area contributed by atoms with Gasteiger partial charge in [0.25, 0.3) is 0 Å². The molecular weight excluding hydrogens is 393 g/mol. The van der Waals surface area contributed by atoms with Crippen molar-refractivity contribution >= 4 is 0 Å². The molecule has 1 fully saturated rings. The van der Waals surface area contributed by atoms with Gasteiger partial charge in [-0.1, -0.05) is 60.7 Å². The van der Waals surface area contributed by atoms with E-state index in [9.17, 15) is 0 Å². The van der Waals surface area contributed by atoms with E-state index in [1.165, 1.54) is 60.9 Å². The average molecular weight is 421 g/mol. The van der Waals surface area contributed by atoms with Gasteiger partial charge in [0.2, 0.25) is 0 Å². The van der Waals surface area contributed by atoms with E-state index in [1.807, 2.05) is 0 Å². The zero-order valence-electron chi connectivity index (χ0n) is 14.1. The fourth-order valence-corrected chi connectivity index (χ4v) is 3.84. The highest BCUT2D eigenvalue weighted by Crippen LogP contribution is 2.29. The van der Waals surface area contributed by atoms with Gasteiger partial charge in [-0.25, -0.2) is 0 Å². The highest BCUT2D eigenvalue weighted by molar-refractivity contribution is 5.32. The summed E-state index contributed by atoms with van der Waals surface area (Å²) in [5.41, 5.74) is 2.91. The first kappa shape index (κ1) is 18.5. The highest BCUT2D eigenvalue weighted by Gasteiger charge is 2.26. The van der Waals surface area contributed by atoms with E-state index in [0.717, 1.165) is 0 Å². The molecule has 0 spiro atoms. The molecule has 1 heterocycles. The van der Waals surface area contributed by atoms with Gasteiger partial charge in [0.15, 0.2) is 0 Å². The maximum Gasteiger partial charge on any atom is 0.0793 e. The predicted molar refractivity (Wildman–Crippen MR) is 94.0 cm³/mol. The minimum Gasteiger partial charge on any atom is -1.00 e. The van der Waals surface area contributed by atoms with Crippen molar-refractivity contribution in [3.05, 3.63) is 71.8 Å². The Hall–Kier alpha value is -0.870. The van der Waals surface area contributed by atoms with Gasteiger partial charge in [0.05, 0.1) is 26.7 Å². The van der Waals surface area contributed by atoms with Crippen LogP contribution in [0.3, 0.4) is 0 Å². The van der Waals surface area contributed by atoms with Crippen molar-refractivity contribution in [1.82, 2.24) is 0 Å². The second kappa shape index (κ2) is 8.84. The van der Waals surface area contributed by atoms with Crippen molar-refractivity contribution in [1.29, 1.82) is 0 Å². The molecule has 2 aromatic rings. The summed E-state index contributed by atoms with van der Waals surface area (Å²) < 4.78 is 1.26. The van der Waals surface area contributed by atoms with Gasteiger partial charge in [0.1, 0.15) is 0 Å². The SMILES string of the molecule is C[N+]1(CCC(c2ccccc2)c2ccccc2)CCCCC1.[I-]. The molecule has 0 radical (unpaired) electrons. The van der Waals surface area contributed by atoms with Gasteiger partial charge < -0.3 is 28.5 Å². The van der Waals surface area contributed by atoms with Crippen LogP contribution in [0.2, 0.25) is 0 Å². The highest BCUT2D eigenvalue weighted by atomic mass is 127. The molecule has 124 valence electrons. The summed E-state index contributed by atoms with van der Waals surface area (Å²) in [4.78, 5) is 0. The number of hydrogen-bond acceptors (Lipinski definition) is 0. The van der Waals surface area contributed by atoms with Crippen LogP contribution >= 0.6 is 0 Å². The minimum atomic E-state index is 0. The molecule has 1 saturated heterocycles. The number of rotatable bonds is 5. The van der Waals surface area contributed by atoms with Crippen LogP contribution in [0, 0.1) is 0 Å². The van der Waals surface area contributed by atoms with E-state index in [1.54, 1.807) is 0 Å². The summed E-state index contributed by atoms with van der Waals surface area (Å²) in [5, 5.41) is 0. The van der Waals surface area contributed by atoms with E-state index in [4.69, 9.17) is 0 Å². The number of piperidine rings is 1. The molecule has 2 aromatic carbocycles. The van der Waals surface area contributed by atoms with Crippen molar-refractivity contribution < 1.29 is 28.5 Å². The van der Waals surface area contributed by atoms with E-state index < -0.39 is 0 Å². The Balaban J connectivity index is 0.00000192. The number of hydrogen-bond donors (Lipinski definition) is 0. The number of quaternary nitrogens is 1. The Bertz CT molecular complexity index is 521.